The minimum Gasteiger partial charge on any atom is -0.378 e. The highest BCUT2D eigenvalue weighted by Gasteiger charge is 2.46. The van der Waals surface area contributed by atoms with Gasteiger partial charge in [-0.25, -0.2) is 13.2 Å². The number of methoxy groups -OCH3 is 1. The van der Waals surface area contributed by atoms with Crippen LogP contribution in [0.1, 0.15) is 51.9 Å². The molecule has 0 heterocycles. The summed E-state index contributed by atoms with van der Waals surface area (Å²) in [6, 6.07) is 0. The second-order valence-electron chi connectivity index (χ2n) is 6.76. The van der Waals surface area contributed by atoms with Crippen LogP contribution in [0.25, 0.3) is 0 Å². The van der Waals surface area contributed by atoms with Crippen LogP contribution in [0.5, 0.6) is 0 Å². The Morgan fingerprint density at radius 3 is 2.32 bits per heavy atom. The Morgan fingerprint density at radius 2 is 1.68 bits per heavy atom. The molecule has 22 heavy (non-hydrogen) atoms. The molecule has 0 N–H and O–H groups in total. The van der Waals surface area contributed by atoms with E-state index in [-0.39, 0.29) is 24.4 Å². The van der Waals surface area contributed by atoms with E-state index in [1.165, 1.54) is 7.11 Å². The molecule has 2 nitrogen and oxygen atoms in total. The van der Waals surface area contributed by atoms with Crippen LogP contribution in [-0.2, 0) is 9.47 Å². The van der Waals surface area contributed by atoms with Crippen LogP contribution in [0.3, 0.4) is 0 Å². The highest BCUT2D eigenvalue weighted by atomic mass is 19.2. The summed E-state index contributed by atoms with van der Waals surface area (Å²) in [7, 11) is 1.51. The van der Waals surface area contributed by atoms with Gasteiger partial charge in [-0.05, 0) is 50.4 Å². The normalized spacial score (nSPS) is 43.2. The Morgan fingerprint density at radius 1 is 0.955 bits per heavy atom. The third-order valence-corrected chi connectivity index (χ3v) is 5.34. The standard InChI is InChI=1S/C17H29F3O2/c1-3-4-9-22-15-8-6-12(16(19)17(15)20)11-5-7-14(21-2)13(18)10-11/h11-17H,3-10H2,1-2H3. The first kappa shape index (κ1) is 18.1. The van der Waals surface area contributed by atoms with Crippen molar-refractivity contribution in [1.82, 2.24) is 0 Å². The average molecular weight is 322 g/mol. The summed E-state index contributed by atoms with van der Waals surface area (Å²) in [6.07, 6.45) is -0.601. The lowest BCUT2D eigenvalue weighted by atomic mass is 9.70. The van der Waals surface area contributed by atoms with Gasteiger partial charge in [-0.1, -0.05) is 13.3 Å². The van der Waals surface area contributed by atoms with E-state index in [0.717, 1.165) is 19.3 Å². The van der Waals surface area contributed by atoms with Crippen molar-refractivity contribution in [2.75, 3.05) is 13.7 Å². The zero-order valence-corrected chi connectivity index (χ0v) is 13.6. The Balaban J connectivity index is 1.86. The molecule has 5 heteroatoms. The predicted octanol–water partition coefficient (Wildman–Crippen LogP) is 4.41. The quantitative estimate of drug-likeness (QED) is 0.674. The fraction of sp³-hybridized carbons (Fsp3) is 1.00. The Bertz CT molecular complexity index is 329. The molecule has 7 atom stereocenters. The van der Waals surface area contributed by atoms with E-state index in [2.05, 4.69) is 0 Å². The molecule has 2 aliphatic rings. The van der Waals surface area contributed by atoms with Gasteiger partial charge in [0.05, 0.1) is 12.2 Å². The molecule has 0 saturated heterocycles. The number of hydrogen-bond donors (Lipinski definition) is 0. The average Bonchev–Trinajstić information content (AvgIpc) is 2.52. The number of alkyl halides is 3. The van der Waals surface area contributed by atoms with Crippen molar-refractivity contribution in [3.05, 3.63) is 0 Å². The topological polar surface area (TPSA) is 18.5 Å². The van der Waals surface area contributed by atoms with Crippen molar-refractivity contribution in [2.45, 2.75) is 82.6 Å². The third-order valence-electron chi connectivity index (χ3n) is 5.34. The third kappa shape index (κ3) is 4.16. The lowest BCUT2D eigenvalue weighted by molar-refractivity contribution is -0.0965. The number of ether oxygens (including phenoxy) is 2. The molecule has 2 saturated carbocycles. The van der Waals surface area contributed by atoms with Crippen LogP contribution >= 0.6 is 0 Å². The molecule has 130 valence electrons. The minimum absolute atomic E-state index is 0.0776. The van der Waals surface area contributed by atoms with Crippen molar-refractivity contribution in [1.29, 1.82) is 0 Å². The van der Waals surface area contributed by atoms with Gasteiger partial charge in [0.1, 0.15) is 12.3 Å². The van der Waals surface area contributed by atoms with Crippen LogP contribution in [-0.4, -0.2) is 44.4 Å². The zero-order chi connectivity index (χ0) is 16.1. The maximum Gasteiger partial charge on any atom is 0.157 e. The number of hydrogen-bond acceptors (Lipinski definition) is 2. The summed E-state index contributed by atoms with van der Waals surface area (Å²) in [4.78, 5) is 0. The summed E-state index contributed by atoms with van der Waals surface area (Å²) in [5.74, 6) is -0.455. The fourth-order valence-corrected chi connectivity index (χ4v) is 3.94. The van der Waals surface area contributed by atoms with Gasteiger partial charge in [0.25, 0.3) is 0 Å². The van der Waals surface area contributed by atoms with Crippen molar-refractivity contribution in [3.63, 3.8) is 0 Å². The van der Waals surface area contributed by atoms with Gasteiger partial charge < -0.3 is 9.47 Å². The molecule has 0 amide bonds. The SMILES string of the molecule is CCCCOC1CCC(C2CCC(OC)C(F)C2)C(F)C1F. The number of halogens is 3. The molecule has 0 spiro atoms. The van der Waals surface area contributed by atoms with Gasteiger partial charge in [-0.3, -0.25) is 0 Å². The first-order chi connectivity index (χ1) is 10.6. The molecule has 0 radical (unpaired) electrons. The van der Waals surface area contributed by atoms with Crippen molar-refractivity contribution < 1.29 is 22.6 Å². The van der Waals surface area contributed by atoms with E-state index < -0.39 is 24.6 Å². The van der Waals surface area contributed by atoms with E-state index in [9.17, 15) is 13.2 Å². The summed E-state index contributed by atoms with van der Waals surface area (Å²) in [5, 5.41) is 0. The van der Waals surface area contributed by atoms with Crippen molar-refractivity contribution in [2.24, 2.45) is 11.8 Å². The smallest absolute Gasteiger partial charge is 0.157 e. The summed E-state index contributed by atoms with van der Waals surface area (Å²) in [5.41, 5.74) is 0. The number of unbranched alkanes of at least 4 members (excludes halogenated alkanes) is 1. The zero-order valence-electron chi connectivity index (χ0n) is 13.6. The molecule has 2 fully saturated rings. The number of rotatable bonds is 6. The molecule has 0 aromatic heterocycles. The van der Waals surface area contributed by atoms with Crippen LogP contribution in [0.15, 0.2) is 0 Å². The molecular weight excluding hydrogens is 293 g/mol. The predicted molar refractivity (Wildman–Crippen MR) is 80.2 cm³/mol. The summed E-state index contributed by atoms with van der Waals surface area (Å²) >= 11 is 0. The fourth-order valence-electron chi connectivity index (χ4n) is 3.94. The van der Waals surface area contributed by atoms with Crippen LogP contribution in [0, 0.1) is 11.8 Å². The Hall–Kier alpha value is -0.290. The monoisotopic (exact) mass is 322 g/mol. The second-order valence-corrected chi connectivity index (χ2v) is 6.76. The van der Waals surface area contributed by atoms with Gasteiger partial charge in [-0.15, -0.1) is 0 Å². The lowest BCUT2D eigenvalue weighted by Crippen LogP contribution is -2.47. The molecule has 0 aromatic rings. The minimum atomic E-state index is -1.58. The first-order valence-electron chi connectivity index (χ1n) is 8.65. The highest BCUT2D eigenvalue weighted by molar-refractivity contribution is 4.94. The molecular formula is C17H29F3O2. The van der Waals surface area contributed by atoms with Gasteiger partial charge in [-0.2, -0.15) is 0 Å². The van der Waals surface area contributed by atoms with Crippen LogP contribution < -0.4 is 0 Å². The molecule has 2 aliphatic carbocycles. The second kappa shape index (κ2) is 8.53. The Kier molecular flexibility index (Phi) is 7.00. The van der Waals surface area contributed by atoms with Crippen molar-refractivity contribution in [3.8, 4) is 0 Å². The van der Waals surface area contributed by atoms with Gasteiger partial charge in [0, 0.05) is 13.7 Å². The van der Waals surface area contributed by atoms with Crippen LogP contribution in [0.4, 0.5) is 13.2 Å². The maximum absolute atomic E-state index is 14.5. The van der Waals surface area contributed by atoms with Crippen LogP contribution in [0.2, 0.25) is 0 Å². The molecule has 0 bridgehead atoms. The summed E-state index contributed by atoms with van der Waals surface area (Å²) in [6.45, 7) is 2.53. The highest BCUT2D eigenvalue weighted by Crippen LogP contribution is 2.42. The largest absolute Gasteiger partial charge is 0.378 e. The van der Waals surface area contributed by atoms with Crippen molar-refractivity contribution >= 4 is 0 Å². The lowest BCUT2D eigenvalue weighted by Gasteiger charge is -2.41. The van der Waals surface area contributed by atoms with Gasteiger partial charge in [0.15, 0.2) is 6.17 Å². The van der Waals surface area contributed by atoms with E-state index in [1.807, 2.05) is 6.92 Å². The van der Waals surface area contributed by atoms with Gasteiger partial charge >= 0.3 is 0 Å². The molecule has 0 aromatic carbocycles. The van der Waals surface area contributed by atoms with E-state index in [4.69, 9.17) is 9.47 Å². The summed E-state index contributed by atoms with van der Waals surface area (Å²) < 4.78 is 53.4. The van der Waals surface area contributed by atoms with E-state index >= 15 is 0 Å². The van der Waals surface area contributed by atoms with Gasteiger partial charge in [0.2, 0.25) is 0 Å². The molecule has 2 rings (SSSR count). The molecule has 0 aliphatic heterocycles. The Labute approximate surface area is 131 Å². The molecule has 7 unspecified atom stereocenters. The van der Waals surface area contributed by atoms with E-state index in [1.54, 1.807) is 0 Å². The van der Waals surface area contributed by atoms with E-state index in [0.29, 0.717) is 25.9 Å². The first-order valence-corrected chi connectivity index (χ1v) is 8.65. The maximum atomic E-state index is 14.5.